The SMILES string of the molecule is Cc1c(C(=O)OCC(=O)Nc2cccc(F)c2)sc2nc3n(c(=O)c12)CCC3. The highest BCUT2D eigenvalue weighted by Gasteiger charge is 2.24. The Labute approximate surface area is 162 Å². The fraction of sp³-hybridized carbons (Fsp3) is 0.263. The molecule has 1 aliphatic rings. The van der Waals surface area contributed by atoms with Crippen molar-refractivity contribution >= 4 is 39.1 Å². The Hall–Kier alpha value is -3.07. The lowest BCUT2D eigenvalue weighted by Gasteiger charge is -2.06. The third-order valence-electron chi connectivity index (χ3n) is 4.54. The Balaban J connectivity index is 1.50. The van der Waals surface area contributed by atoms with Gasteiger partial charge >= 0.3 is 5.97 Å². The molecule has 0 atom stereocenters. The van der Waals surface area contributed by atoms with Gasteiger partial charge in [0, 0.05) is 18.7 Å². The molecule has 1 aliphatic heterocycles. The summed E-state index contributed by atoms with van der Waals surface area (Å²) in [7, 11) is 0. The van der Waals surface area contributed by atoms with Gasteiger partial charge in [-0.15, -0.1) is 11.3 Å². The molecule has 9 heteroatoms. The number of halogens is 1. The zero-order valence-electron chi connectivity index (χ0n) is 15.0. The van der Waals surface area contributed by atoms with E-state index >= 15 is 0 Å². The van der Waals surface area contributed by atoms with Gasteiger partial charge in [0.05, 0.1) is 5.39 Å². The number of amides is 1. The number of nitrogens with one attached hydrogen (secondary N) is 1. The van der Waals surface area contributed by atoms with Crippen LogP contribution in [0.3, 0.4) is 0 Å². The van der Waals surface area contributed by atoms with Crippen molar-refractivity contribution < 1.29 is 18.7 Å². The summed E-state index contributed by atoms with van der Waals surface area (Å²) >= 11 is 1.09. The number of aromatic nitrogens is 2. The minimum absolute atomic E-state index is 0.144. The second kappa shape index (κ2) is 7.16. The molecular weight excluding hydrogens is 385 g/mol. The van der Waals surface area contributed by atoms with Crippen LogP contribution < -0.4 is 10.9 Å². The maximum absolute atomic E-state index is 13.1. The van der Waals surface area contributed by atoms with Gasteiger partial charge < -0.3 is 10.1 Å². The van der Waals surface area contributed by atoms with E-state index in [0.29, 0.717) is 22.3 Å². The Bertz CT molecular complexity index is 1170. The van der Waals surface area contributed by atoms with Crippen LogP contribution in [0.4, 0.5) is 10.1 Å². The second-order valence-corrected chi connectivity index (χ2v) is 7.46. The van der Waals surface area contributed by atoms with Crippen LogP contribution in [0.1, 0.15) is 27.5 Å². The summed E-state index contributed by atoms with van der Waals surface area (Å²) in [5.41, 5.74) is 0.634. The lowest BCUT2D eigenvalue weighted by atomic mass is 10.2. The van der Waals surface area contributed by atoms with E-state index in [1.54, 1.807) is 11.5 Å². The predicted octanol–water partition coefficient (Wildman–Crippen LogP) is 2.65. The third kappa shape index (κ3) is 3.29. The minimum Gasteiger partial charge on any atom is -0.451 e. The number of carbonyl (C=O) groups excluding carboxylic acids is 2. The van der Waals surface area contributed by atoms with E-state index in [1.165, 1.54) is 18.2 Å². The maximum atomic E-state index is 13.1. The largest absolute Gasteiger partial charge is 0.451 e. The van der Waals surface area contributed by atoms with Gasteiger partial charge in [0.15, 0.2) is 6.61 Å². The van der Waals surface area contributed by atoms with Gasteiger partial charge in [-0.2, -0.15) is 0 Å². The van der Waals surface area contributed by atoms with E-state index in [4.69, 9.17) is 4.74 Å². The highest BCUT2D eigenvalue weighted by atomic mass is 32.1. The number of carbonyl (C=O) groups is 2. The Morgan fingerprint density at radius 1 is 1.39 bits per heavy atom. The molecular formula is C19H16FN3O4S. The van der Waals surface area contributed by atoms with Crippen LogP contribution in [-0.4, -0.2) is 28.0 Å². The average Bonchev–Trinajstić information content (AvgIpc) is 3.25. The second-order valence-electron chi connectivity index (χ2n) is 6.46. The summed E-state index contributed by atoms with van der Waals surface area (Å²) in [4.78, 5) is 42.3. The molecule has 0 bridgehead atoms. The summed E-state index contributed by atoms with van der Waals surface area (Å²) in [5, 5.41) is 2.87. The quantitative estimate of drug-likeness (QED) is 0.679. The molecule has 28 heavy (non-hydrogen) atoms. The van der Waals surface area contributed by atoms with Crippen molar-refractivity contribution in [2.45, 2.75) is 26.3 Å². The van der Waals surface area contributed by atoms with Crippen molar-refractivity contribution in [1.82, 2.24) is 9.55 Å². The summed E-state index contributed by atoms with van der Waals surface area (Å²) in [5.74, 6) is -1.04. The van der Waals surface area contributed by atoms with Crippen molar-refractivity contribution in [1.29, 1.82) is 0 Å². The van der Waals surface area contributed by atoms with Crippen molar-refractivity contribution in [3.8, 4) is 0 Å². The molecule has 3 heterocycles. The van der Waals surface area contributed by atoms with Crippen molar-refractivity contribution in [2.24, 2.45) is 0 Å². The topological polar surface area (TPSA) is 90.3 Å². The van der Waals surface area contributed by atoms with Crippen LogP contribution in [-0.2, 0) is 22.5 Å². The van der Waals surface area contributed by atoms with Gasteiger partial charge in [-0.3, -0.25) is 14.2 Å². The fourth-order valence-corrected chi connectivity index (χ4v) is 4.31. The van der Waals surface area contributed by atoms with E-state index < -0.39 is 24.3 Å². The van der Waals surface area contributed by atoms with E-state index in [1.807, 2.05) is 0 Å². The number of anilines is 1. The highest BCUT2D eigenvalue weighted by molar-refractivity contribution is 7.20. The summed E-state index contributed by atoms with van der Waals surface area (Å²) in [6.07, 6.45) is 1.62. The summed E-state index contributed by atoms with van der Waals surface area (Å²) in [6.45, 7) is 1.78. The van der Waals surface area contributed by atoms with Gasteiger partial charge in [0.1, 0.15) is 21.3 Å². The molecule has 1 amide bonds. The van der Waals surface area contributed by atoms with Crippen LogP contribution in [0.15, 0.2) is 29.1 Å². The van der Waals surface area contributed by atoms with Gasteiger partial charge in [-0.25, -0.2) is 14.2 Å². The first-order chi connectivity index (χ1) is 13.4. The number of hydrogen-bond donors (Lipinski definition) is 1. The molecule has 7 nitrogen and oxygen atoms in total. The van der Waals surface area contributed by atoms with Crippen molar-refractivity contribution in [3.05, 3.63) is 56.7 Å². The zero-order chi connectivity index (χ0) is 19.8. The molecule has 0 saturated heterocycles. The average molecular weight is 401 g/mol. The number of aryl methyl sites for hydroxylation is 2. The monoisotopic (exact) mass is 401 g/mol. The number of ether oxygens (including phenoxy) is 1. The lowest BCUT2D eigenvalue weighted by molar-refractivity contribution is -0.119. The summed E-state index contributed by atoms with van der Waals surface area (Å²) in [6, 6.07) is 5.40. The van der Waals surface area contributed by atoms with Gasteiger partial charge in [-0.1, -0.05) is 6.07 Å². The molecule has 4 rings (SSSR count). The molecule has 0 fully saturated rings. The highest BCUT2D eigenvalue weighted by Crippen LogP contribution is 2.29. The maximum Gasteiger partial charge on any atom is 0.349 e. The summed E-state index contributed by atoms with van der Waals surface area (Å²) < 4.78 is 19.9. The molecule has 1 N–H and O–H groups in total. The molecule has 144 valence electrons. The third-order valence-corrected chi connectivity index (χ3v) is 5.71. The fourth-order valence-electron chi connectivity index (χ4n) is 3.23. The van der Waals surface area contributed by atoms with E-state index in [0.717, 1.165) is 36.1 Å². The van der Waals surface area contributed by atoms with Gasteiger partial charge in [-0.05, 0) is 37.1 Å². The van der Waals surface area contributed by atoms with E-state index in [2.05, 4.69) is 10.3 Å². The molecule has 0 aliphatic carbocycles. The Morgan fingerprint density at radius 3 is 3.00 bits per heavy atom. The molecule has 1 aromatic carbocycles. The first kappa shape index (κ1) is 18.3. The molecule has 0 unspecified atom stereocenters. The molecule has 0 radical (unpaired) electrons. The number of fused-ring (bicyclic) bond motifs is 2. The number of benzene rings is 1. The van der Waals surface area contributed by atoms with Crippen LogP contribution in [0.25, 0.3) is 10.2 Å². The van der Waals surface area contributed by atoms with Gasteiger partial charge in [0.25, 0.3) is 11.5 Å². The minimum atomic E-state index is -0.695. The van der Waals surface area contributed by atoms with Crippen LogP contribution >= 0.6 is 11.3 Å². The molecule has 2 aromatic heterocycles. The van der Waals surface area contributed by atoms with Crippen molar-refractivity contribution in [2.75, 3.05) is 11.9 Å². The van der Waals surface area contributed by atoms with Crippen LogP contribution in [0, 0.1) is 12.7 Å². The van der Waals surface area contributed by atoms with E-state index in [-0.39, 0.29) is 16.1 Å². The van der Waals surface area contributed by atoms with Crippen molar-refractivity contribution in [3.63, 3.8) is 0 Å². The van der Waals surface area contributed by atoms with Gasteiger partial charge in [0.2, 0.25) is 0 Å². The standard InChI is InChI=1S/C19H16FN3O4S/c1-10-15-17(22-13-6-3-7-23(13)18(15)25)28-16(10)19(26)27-9-14(24)21-12-5-2-4-11(20)8-12/h2,4-5,8H,3,6-7,9H2,1H3,(H,21,24). The number of rotatable bonds is 4. The first-order valence-corrected chi connectivity index (χ1v) is 9.51. The number of thiophene rings is 1. The number of esters is 1. The van der Waals surface area contributed by atoms with Crippen LogP contribution in [0.2, 0.25) is 0 Å². The molecule has 0 saturated carbocycles. The predicted molar refractivity (Wildman–Crippen MR) is 102 cm³/mol. The van der Waals surface area contributed by atoms with Crippen LogP contribution in [0.5, 0.6) is 0 Å². The van der Waals surface area contributed by atoms with E-state index in [9.17, 15) is 18.8 Å². The molecule has 0 spiro atoms. The normalized spacial score (nSPS) is 12.8. The Morgan fingerprint density at radius 2 is 2.21 bits per heavy atom. The smallest absolute Gasteiger partial charge is 0.349 e. The molecule has 3 aromatic rings. The zero-order valence-corrected chi connectivity index (χ0v) is 15.8. The first-order valence-electron chi connectivity index (χ1n) is 8.69. The number of nitrogens with zero attached hydrogens (tertiary/aromatic N) is 2. The number of hydrogen-bond acceptors (Lipinski definition) is 6. The lowest BCUT2D eigenvalue weighted by Crippen LogP contribution is -2.21. The Kier molecular flexibility index (Phi) is 4.68.